The van der Waals surface area contributed by atoms with Crippen LogP contribution in [0.5, 0.6) is 0 Å². The molecule has 1 aliphatic carbocycles. The molecular weight excluding hydrogens is 306 g/mol. The van der Waals surface area contributed by atoms with Crippen LogP contribution in [0.1, 0.15) is 44.1 Å². The van der Waals surface area contributed by atoms with Crippen LogP contribution in [0.15, 0.2) is 9.59 Å². The van der Waals surface area contributed by atoms with Crippen molar-refractivity contribution in [1.29, 1.82) is 5.26 Å². The van der Waals surface area contributed by atoms with E-state index in [2.05, 4.69) is 17.3 Å². The first kappa shape index (κ1) is 18.3. The van der Waals surface area contributed by atoms with Gasteiger partial charge in [-0.2, -0.15) is 5.26 Å². The van der Waals surface area contributed by atoms with Crippen LogP contribution in [0, 0.1) is 11.3 Å². The van der Waals surface area contributed by atoms with E-state index in [4.69, 9.17) is 0 Å². The molecule has 1 N–H and O–H groups in total. The van der Waals surface area contributed by atoms with E-state index in [1.807, 2.05) is 6.07 Å². The van der Waals surface area contributed by atoms with Gasteiger partial charge in [0.25, 0.3) is 5.56 Å². The summed E-state index contributed by atoms with van der Waals surface area (Å²) in [6.45, 7) is 1.57. The standard InChI is InChI=1S/C17H27N5O2/c1-20(13-8-5-4-6-9-13)11-7-10-19-15-14(12-18)16(23)22(3)17(24)21(15)2/h13,19H,4-11H2,1-3H3. The predicted molar refractivity (Wildman–Crippen MR) is 94.2 cm³/mol. The maximum atomic E-state index is 12.0. The van der Waals surface area contributed by atoms with Crippen LogP contribution in [0.4, 0.5) is 5.82 Å². The van der Waals surface area contributed by atoms with E-state index in [9.17, 15) is 14.9 Å². The second kappa shape index (κ2) is 8.15. The molecule has 0 aromatic carbocycles. The first-order valence-corrected chi connectivity index (χ1v) is 8.61. The van der Waals surface area contributed by atoms with Gasteiger partial charge in [0.05, 0.1) is 0 Å². The molecule has 0 atom stereocenters. The van der Waals surface area contributed by atoms with Crippen LogP contribution in [0.25, 0.3) is 0 Å². The number of hydrogen-bond donors (Lipinski definition) is 1. The number of aromatic nitrogens is 2. The third kappa shape index (κ3) is 3.88. The molecule has 24 heavy (non-hydrogen) atoms. The largest absolute Gasteiger partial charge is 0.370 e. The average Bonchev–Trinajstić information content (AvgIpc) is 2.61. The summed E-state index contributed by atoms with van der Waals surface area (Å²) in [6.07, 6.45) is 7.40. The molecule has 0 amide bonds. The number of rotatable bonds is 6. The molecule has 0 spiro atoms. The van der Waals surface area contributed by atoms with Crippen LogP contribution in [-0.2, 0) is 14.1 Å². The zero-order valence-corrected chi connectivity index (χ0v) is 14.8. The molecule has 1 aromatic rings. The van der Waals surface area contributed by atoms with Gasteiger partial charge in [-0.3, -0.25) is 13.9 Å². The Labute approximate surface area is 142 Å². The van der Waals surface area contributed by atoms with Gasteiger partial charge in [-0.05, 0) is 32.9 Å². The minimum absolute atomic E-state index is 0.0137. The van der Waals surface area contributed by atoms with Crippen LogP contribution in [-0.4, -0.2) is 40.2 Å². The number of nitrogens with one attached hydrogen (secondary N) is 1. The molecule has 0 radical (unpaired) electrons. The highest BCUT2D eigenvalue weighted by Crippen LogP contribution is 2.21. The van der Waals surface area contributed by atoms with Crippen LogP contribution in [0.2, 0.25) is 0 Å². The fourth-order valence-electron chi connectivity index (χ4n) is 3.39. The zero-order valence-electron chi connectivity index (χ0n) is 14.8. The molecule has 1 aromatic heterocycles. The molecule has 0 saturated heterocycles. The van der Waals surface area contributed by atoms with Crippen molar-refractivity contribution in [3.05, 3.63) is 26.4 Å². The zero-order chi connectivity index (χ0) is 17.7. The van der Waals surface area contributed by atoms with E-state index in [0.29, 0.717) is 18.4 Å². The third-order valence-electron chi connectivity index (χ3n) is 4.95. The van der Waals surface area contributed by atoms with Crippen molar-refractivity contribution in [2.45, 2.75) is 44.6 Å². The minimum Gasteiger partial charge on any atom is -0.370 e. The highest BCUT2D eigenvalue weighted by Gasteiger charge is 2.18. The lowest BCUT2D eigenvalue weighted by molar-refractivity contribution is 0.191. The van der Waals surface area contributed by atoms with Crippen molar-refractivity contribution >= 4 is 5.82 Å². The predicted octanol–water partition coefficient (Wildman–Crippen LogP) is 1.02. The number of nitrogens with zero attached hydrogens (tertiary/aromatic N) is 4. The molecule has 132 valence electrons. The van der Waals surface area contributed by atoms with Crippen LogP contribution in [0.3, 0.4) is 0 Å². The molecule has 0 aliphatic heterocycles. The summed E-state index contributed by atoms with van der Waals surface area (Å²) >= 11 is 0. The van der Waals surface area contributed by atoms with Gasteiger partial charge < -0.3 is 10.2 Å². The van der Waals surface area contributed by atoms with E-state index in [1.54, 1.807) is 7.05 Å². The lowest BCUT2D eigenvalue weighted by Crippen LogP contribution is -2.40. The smallest absolute Gasteiger partial charge is 0.332 e. The normalized spacial score (nSPS) is 15.5. The van der Waals surface area contributed by atoms with Crippen molar-refractivity contribution in [3.8, 4) is 6.07 Å². The topological polar surface area (TPSA) is 83.1 Å². The Morgan fingerprint density at radius 3 is 2.50 bits per heavy atom. The van der Waals surface area contributed by atoms with E-state index in [-0.39, 0.29) is 5.56 Å². The molecule has 1 aliphatic rings. The Hall–Kier alpha value is -2.07. The van der Waals surface area contributed by atoms with Crippen molar-refractivity contribution in [1.82, 2.24) is 14.0 Å². The molecule has 7 heteroatoms. The summed E-state index contributed by atoms with van der Waals surface area (Å²) in [4.78, 5) is 26.4. The quantitative estimate of drug-likeness (QED) is 0.786. The second-order valence-electron chi connectivity index (χ2n) is 6.59. The van der Waals surface area contributed by atoms with Gasteiger partial charge in [0, 0.05) is 26.7 Å². The first-order chi connectivity index (χ1) is 11.5. The van der Waals surface area contributed by atoms with Gasteiger partial charge in [0.15, 0.2) is 5.56 Å². The van der Waals surface area contributed by atoms with E-state index in [1.165, 1.54) is 43.7 Å². The monoisotopic (exact) mass is 333 g/mol. The molecule has 1 saturated carbocycles. The average molecular weight is 333 g/mol. The van der Waals surface area contributed by atoms with Gasteiger partial charge >= 0.3 is 5.69 Å². The molecule has 0 bridgehead atoms. The highest BCUT2D eigenvalue weighted by atomic mass is 16.2. The van der Waals surface area contributed by atoms with E-state index >= 15 is 0 Å². The Bertz CT molecular complexity index is 722. The highest BCUT2D eigenvalue weighted by molar-refractivity contribution is 5.51. The SMILES string of the molecule is CN(CCCNc1c(C#N)c(=O)n(C)c(=O)n1C)C1CCCCC1. The fraction of sp³-hybridized carbons (Fsp3) is 0.706. The number of anilines is 1. The maximum Gasteiger partial charge on any atom is 0.332 e. The molecule has 0 unspecified atom stereocenters. The third-order valence-corrected chi connectivity index (χ3v) is 4.95. The Kier molecular flexibility index (Phi) is 6.21. The van der Waals surface area contributed by atoms with Crippen LogP contribution >= 0.6 is 0 Å². The minimum atomic E-state index is -0.553. The Morgan fingerprint density at radius 1 is 1.21 bits per heavy atom. The molecule has 7 nitrogen and oxygen atoms in total. The lowest BCUT2D eigenvalue weighted by atomic mass is 9.94. The summed E-state index contributed by atoms with van der Waals surface area (Å²) in [7, 11) is 5.11. The number of hydrogen-bond acceptors (Lipinski definition) is 5. The van der Waals surface area contributed by atoms with Crippen molar-refractivity contribution in [2.24, 2.45) is 14.1 Å². The molecule has 1 fully saturated rings. The summed E-state index contributed by atoms with van der Waals surface area (Å²) < 4.78 is 2.28. The van der Waals surface area contributed by atoms with Gasteiger partial charge in [0.1, 0.15) is 11.9 Å². The molecule has 1 heterocycles. The summed E-state index contributed by atoms with van der Waals surface area (Å²) in [5, 5.41) is 12.3. The van der Waals surface area contributed by atoms with Gasteiger partial charge in [-0.25, -0.2) is 4.79 Å². The van der Waals surface area contributed by atoms with Crippen molar-refractivity contribution in [2.75, 3.05) is 25.5 Å². The van der Waals surface area contributed by atoms with E-state index < -0.39 is 11.2 Å². The lowest BCUT2D eigenvalue weighted by Gasteiger charge is -2.31. The summed E-state index contributed by atoms with van der Waals surface area (Å²) in [6, 6.07) is 2.58. The fourth-order valence-corrected chi connectivity index (χ4v) is 3.39. The summed E-state index contributed by atoms with van der Waals surface area (Å²) in [5.74, 6) is 0.311. The summed E-state index contributed by atoms with van der Waals surface area (Å²) in [5.41, 5.74) is -0.997. The maximum absolute atomic E-state index is 12.0. The Morgan fingerprint density at radius 2 is 1.88 bits per heavy atom. The first-order valence-electron chi connectivity index (χ1n) is 8.61. The molecule has 2 rings (SSSR count). The molecular formula is C17H27N5O2. The van der Waals surface area contributed by atoms with Crippen molar-refractivity contribution < 1.29 is 0 Å². The van der Waals surface area contributed by atoms with Crippen LogP contribution < -0.4 is 16.6 Å². The van der Waals surface area contributed by atoms with Gasteiger partial charge in [0.2, 0.25) is 0 Å². The van der Waals surface area contributed by atoms with E-state index in [0.717, 1.165) is 17.5 Å². The van der Waals surface area contributed by atoms with Crippen molar-refractivity contribution in [3.63, 3.8) is 0 Å². The van der Waals surface area contributed by atoms with Gasteiger partial charge in [-0.15, -0.1) is 0 Å². The second-order valence-corrected chi connectivity index (χ2v) is 6.59. The van der Waals surface area contributed by atoms with Gasteiger partial charge in [-0.1, -0.05) is 19.3 Å². The Balaban J connectivity index is 1.96. The number of nitriles is 1.